The topological polar surface area (TPSA) is 83.3 Å². The van der Waals surface area contributed by atoms with Gasteiger partial charge in [0.2, 0.25) is 0 Å². The second-order valence-corrected chi connectivity index (χ2v) is 3.54. The minimum Gasteiger partial charge on any atom is -0.481 e. The normalized spacial score (nSPS) is 30.8. The molecule has 5 heteroatoms. The standard InChI is InChI=1S/C9H10N2O3/c12-6-3-9(4-6,8(13)14)7-1-2-10-5-11-7/h1-2,5-6,12H,3-4H2,(H,13,14). The second-order valence-electron chi connectivity index (χ2n) is 3.54. The van der Waals surface area contributed by atoms with Gasteiger partial charge in [-0.05, 0) is 18.9 Å². The van der Waals surface area contributed by atoms with Gasteiger partial charge in [-0.25, -0.2) is 9.97 Å². The van der Waals surface area contributed by atoms with Crippen molar-refractivity contribution in [3.8, 4) is 0 Å². The Morgan fingerprint density at radius 3 is 2.71 bits per heavy atom. The zero-order valence-corrected chi connectivity index (χ0v) is 7.42. The summed E-state index contributed by atoms with van der Waals surface area (Å²) in [6.07, 6.45) is 2.78. The number of hydrogen-bond donors (Lipinski definition) is 2. The Morgan fingerprint density at radius 2 is 2.29 bits per heavy atom. The Labute approximate surface area is 80.4 Å². The highest BCUT2D eigenvalue weighted by Gasteiger charge is 2.52. The molecule has 5 nitrogen and oxygen atoms in total. The number of aliphatic carboxylic acids is 1. The molecule has 14 heavy (non-hydrogen) atoms. The molecule has 0 bridgehead atoms. The van der Waals surface area contributed by atoms with Crippen LogP contribution < -0.4 is 0 Å². The molecule has 1 fully saturated rings. The largest absolute Gasteiger partial charge is 0.481 e. The predicted octanol–water partition coefficient (Wildman–Crippen LogP) is -0.0463. The lowest BCUT2D eigenvalue weighted by Crippen LogP contribution is -2.51. The van der Waals surface area contributed by atoms with Crippen LogP contribution in [0.4, 0.5) is 0 Å². The molecule has 1 aromatic heterocycles. The van der Waals surface area contributed by atoms with Gasteiger partial charge in [0.05, 0.1) is 11.8 Å². The predicted molar refractivity (Wildman–Crippen MR) is 46.6 cm³/mol. The van der Waals surface area contributed by atoms with E-state index >= 15 is 0 Å². The number of aliphatic hydroxyl groups excluding tert-OH is 1. The molecular formula is C9H10N2O3. The first-order valence-corrected chi connectivity index (χ1v) is 4.33. The molecule has 0 aromatic carbocycles. The van der Waals surface area contributed by atoms with Gasteiger partial charge in [0.25, 0.3) is 0 Å². The van der Waals surface area contributed by atoms with Gasteiger partial charge in [0.1, 0.15) is 11.7 Å². The lowest BCUT2D eigenvalue weighted by atomic mass is 9.64. The Hall–Kier alpha value is -1.49. The van der Waals surface area contributed by atoms with Crippen LogP contribution in [0, 0.1) is 0 Å². The molecule has 0 spiro atoms. The lowest BCUT2D eigenvalue weighted by molar-refractivity contribution is -0.153. The van der Waals surface area contributed by atoms with Crippen LogP contribution in [-0.2, 0) is 10.2 Å². The van der Waals surface area contributed by atoms with Crippen molar-refractivity contribution in [2.75, 3.05) is 0 Å². The van der Waals surface area contributed by atoms with Crippen molar-refractivity contribution in [1.82, 2.24) is 9.97 Å². The van der Waals surface area contributed by atoms with Crippen LogP contribution in [0.1, 0.15) is 18.5 Å². The average Bonchev–Trinajstić information content (AvgIpc) is 2.13. The number of carboxylic acid groups (broad SMARTS) is 1. The molecule has 0 unspecified atom stereocenters. The molecule has 0 radical (unpaired) electrons. The van der Waals surface area contributed by atoms with Crippen molar-refractivity contribution < 1.29 is 15.0 Å². The van der Waals surface area contributed by atoms with Gasteiger partial charge in [-0.2, -0.15) is 0 Å². The average molecular weight is 194 g/mol. The van der Waals surface area contributed by atoms with Gasteiger partial charge < -0.3 is 10.2 Å². The molecule has 1 aliphatic carbocycles. The molecule has 1 heterocycles. The van der Waals surface area contributed by atoms with E-state index in [0.29, 0.717) is 5.69 Å². The smallest absolute Gasteiger partial charge is 0.315 e. The van der Waals surface area contributed by atoms with Crippen molar-refractivity contribution in [2.24, 2.45) is 0 Å². The molecule has 1 aromatic rings. The highest BCUT2D eigenvalue weighted by molar-refractivity contribution is 5.82. The van der Waals surface area contributed by atoms with Crippen molar-refractivity contribution in [1.29, 1.82) is 0 Å². The fourth-order valence-corrected chi connectivity index (χ4v) is 1.81. The van der Waals surface area contributed by atoms with Crippen LogP contribution in [0.15, 0.2) is 18.6 Å². The molecule has 0 amide bonds. The molecule has 1 saturated carbocycles. The molecule has 2 N–H and O–H groups in total. The Morgan fingerprint density at radius 1 is 1.57 bits per heavy atom. The number of nitrogens with zero attached hydrogens (tertiary/aromatic N) is 2. The second kappa shape index (κ2) is 3.02. The molecule has 0 atom stereocenters. The van der Waals surface area contributed by atoms with Crippen LogP contribution in [0.3, 0.4) is 0 Å². The van der Waals surface area contributed by atoms with Crippen molar-refractivity contribution in [3.63, 3.8) is 0 Å². The third-order valence-corrected chi connectivity index (χ3v) is 2.65. The summed E-state index contributed by atoms with van der Waals surface area (Å²) in [6.45, 7) is 0. The highest BCUT2D eigenvalue weighted by Crippen LogP contribution is 2.42. The monoisotopic (exact) mass is 194 g/mol. The zero-order chi connectivity index (χ0) is 10.2. The summed E-state index contributed by atoms with van der Waals surface area (Å²) >= 11 is 0. The van der Waals surface area contributed by atoms with Crippen LogP contribution in [0.2, 0.25) is 0 Å². The molecule has 0 saturated heterocycles. The number of hydrogen-bond acceptors (Lipinski definition) is 4. The fourth-order valence-electron chi connectivity index (χ4n) is 1.81. The van der Waals surface area contributed by atoms with E-state index in [9.17, 15) is 9.90 Å². The van der Waals surface area contributed by atoms with E-state index in [2.05, 4.69) is 9.97 Å². The Bertz CT molecular complexity index is 346. The van der Waals surface area contributed by atoms with Crippen molar-refractivity contribution in [3.05, 3.63) is 24.3 Å². The first kappa shape index (κ1) is 9.08. The molecule has 0 aliphatic heterocycles. The third-order valence-electron chi connectivity index (χ3n) is 2.65. The molecule has 74 valence electrons. The summed E-state index contributed by atoms with van der Waals surface area (Å²) in [5.74, 6) is -0.929. The molecular weight excluding hydrogens is 184 g/mol. The van der Waals surface area contributed by atoms with Gasteiger partial charge in [0.15, 0.2) is 0 Å². The lowest BCUT2D eigenvalue weighted by Gasteiger charge is -2.40. The summed E-state index contributed by atoms with van der Waals surface area (Å²) in [7, 11) is 0. The first-order valence-electron chi connectivity index (χ1n) is 4.33. The summed E-state index contributed by atoms with van der Waals surface area (Å²) in [5, 5.41) is 18.3. The Balaban J connectivity index is 2.34. The molecule has 1 aliphatic rings. The first-order chi connectivity index (χ1) is 6.65. The summed E-state index contributed by atoms with van der Waals surface area (Å²) in [6, 6.07) is 1.58. The van der Waals surface area contributed by atoms with Crippen molar-refractivity contribution in [2.45, 2.75) is 24.4 Å². The van der Waals surface area contributed by atoms with E-state index in [-0.39, 0.29) is 12.8 Å². The minimum absolute atomic E-state index is 0.235. The highest BCUT2D eigenvalue weighted by atomic mass is 16.4. The van der Waals surface area contributed by atoms with Crippen LogP contribution in [0.5, 0.6) is 0 Å². The zero-order valence-electron chi connectivity index (χ0n) is 7.42. The van der Waals surface area contributed by atoms with Crippen LogP contribution in [0.25, 0.3) is 0 Å². The van der Waals surface area contributed by atoms with E-state index in [1.807, 2.05) is 0 Å². The summed E-state index contributed by atoms with van der Waals surface area (Å²) in [4.78, 5) is 18.7. The number of aliphatic hydroxyl groups is 1. The number of carboxylic acids is 1. The summed E-state index contributed by atoms with van der Waals surface area (Å²) in [5.41, 5.74) is -0.521. The van der Waals surface area contributed by atoms with Gasteiger partial charge in [-0.3, -0.25) is 4.79 Å². The van der Waals surface area contributed by atoms with E-state index in [1.165, 1.54) is 12.5 Å². The van der Waals surface area contributed by atoms with Crippen molar-refractivity contribution >= 4 is 5.97 Å². The van der Waals surface area contributed by atoms with E-state index < -0.39 is 17.5 Å². The quantitative estimate of drug-likeness (QED) is 0.689. The maximum Gasteiger partial charge on any atom is 0.315 e. The third kappa shape index (κ3) is 1.17. The van der Waals surface area contributed by atoms with E-state index in [0.717, 1.165) is 0 Å². The van der Waals surface area contributed by atoms with Gasteiger partial charge in [-0.15, -0.1) is 0 Å². The van der Waals surface area contributed by atoms with Crippen LogP contribution in [-0.4, -0.2) is 32.3 Å². The number of aromatic nitrogens is 2. The van der Waals surface area contributed by atoms with E-state index in [4.69, 9.17) is 5.11 Å². The van der Waals surface area contributed by atoms with Gasteiger partial charge in [0, 0.05) is 6.20 Å². The Kier molecular flexibility index (Phi) is 1.96. The van der Waals surface area contributed by atoms with Gasteiger partial charge in [-0.1, -0.05) is 0 Å². The molecule has 2 rings (SSSR count). The van der Waals surface area contributed by atoms with Crippen LogP contribution >= 0.6 is 0 Å². The maximum absolute atomic E-state index is 11.1. The summed E-state index contributed by atoms with van der Waals surface area (Å²) < 4.78 is 0. The number of rotatable bonds is 2. The van der Waals surface area contributed by atoms with Gasteiger partial charge >= 0.3 is 5.97 Å². The maximum atomic E-state index is 11.1. The minimum atomic E-state index is -0.998. The fraction of sp³-hybridized carbons (Fsp3) is 0.444. The SMILES string of the molecule is O=C(O)C1(c2ccncn2)CC(O)C1. The van der Waals surface area contributed by atoms with E-state index in [1.54, 1.807) is 6.07 Å². The number of carbonyl (C=O) groups is 1.